The van der Waals surface area contributed by atoms with Gasteiger partial charge in [0.25, 0.3) is 0 Å². The average Bonchev–Trinajstić information content (AvgIpc) is 2.98. The molecule has 1 heterocycles. The molecule has 4 atom stereocenters. The third-order valence-corrected chi connectivity index (χ3v) is 18.2. The van der Waals surface area contributed by atoms with Crippen LogP contribution in [0.4, 0.5) is 10.2 Å². The first-order chi connectivity index (χ1) is 14.7. The Hall–Kier alpha value is -0.836. The van der Waals surface area contributed by atoms with Crippen molar-refractivity contribution in [2.75, 3.05) is 11.9 Å². The first-order valence-corrected chi connectivity index (χ1v) is 17.4. The maximum absolute atomic E-state index is 16.0. The smallest absolute Gasteiger partial charge is 0.198 e. The molecule has 0 bridgehead atoms. The van der Waals surface area contributed by atoms with E-state index in [1.807, 2.05) is 0 Å². The molecule has 0 unspecified atom stereocenters. The van der Waals surface area contributed by atoms with E-state index in [4.69, 9.17) is 8.85 Å². The quantitative estimate of drug-likeness (QED) is 0.391. The normalized spacial score (nSPS) is 25.2. The van der Waals surface area contributed by atoms with Crippen LogP contribution in [0.1, 0.15) is 61.8 Å². The summed E-state index contributed by atoms with van der Waals surface area (Å²) in [4.78, 5) is 8.21. The molecular formula is C24H46FN3O2Si2. The third-order valence-electron chi connectivity index (χ3n) is 7.97. The summed E-state index contributed by atoms with van der Waals surface area (Å²) in [5, 5.41) is 3.46. The molecule has 1 fully saturated rings. The molecule has 0 radical (unpaired) electrons. The number of hydrogen-bond acceptors (Lipinski definition) is 5. The Bertz CT molecular complexity index is 718. The van der Waals surface area contributed by atoms with Crippen LogP contribution in [0.2, 0.25) is 35.3 Å². The molecule has 184 valence electrons. The van der Waals surface area contributed by atoms with Gasteiger partial charge in [-0.3, -0.25) is 0 Å². The fourth-order valence-corrected chi connectivity index (χ4v) is 9.77. The maximum atomic E-state index is 16.0. The van der Waals surface area contributed by atoms with Gasteiger partial charge in [0, 0.05) is 18.7 Å². The van der Waals surface area contributed by atoms with Crippen LogP contribution in [-0.2, 0) is 8.85 Å². The minimum Gasteiger partial charge on any atom is -0.416 e. The summed E-state index contributed by atoms with van der Waals surface area (Å²) in [6.45, 7) is 23.0. The molecule has 0 aliphatic heterocycles. The van der Waals surface area contributed by atoms with E-state index >= 15 is 4.39 Å². The number of alkyl halides is 1. The van der Waals surface area contributed by atoms with Crippen LogP contribution >= 0.6 is 0 Å². The lowest BCUT2D eigenvalue weighted by Crippen LogP contribution is -2.52. The van der Waals surface area contributed by atoms with E-state index in [-0.39, 0.29) is 22.0 Å². The summed E-state index contributed by atoms with van der Waals surface area (Å²) in [6.07, 6.45) is 2.28. The monoisotopic (exact) mass is 483 g/mol. The minimum absolute atomic E-state index is 0.0192. The highest BCUT2D eigenvalue weighted by atomic mass is 28.4. The molecule has 0 spiro atoms. The lowest BCUT2D eigenvalue weighted by molar-refractivity contribution is 0.0525. The molecule has 1 aliphatic carbocycles. The maximum Gasteiger partial charge on any atom is 0.198 e. The lowest BCUT2D eigenvalue weighted by atomic mass is 10.1. The summed E-state index contributed by atoms with van der Waals surface area (Å²) >= 11 is 0. The molecule has 2 rings (SSSR count). The first kappa shape index (κ1) is 27.4. The van der Waals surface area contributed by atoms with Crippen molar-refractivity contribution >= 4 is 22.5 Å². The second kappa shape index (κ2) is 10.2. The molecular weight excluding hydrogens is 437 g/mol. The number of nitrogens with one attached hydrogen (secondary N) is 1. The number of hydrogen-bond donors (Lipinski definition) is 1. The van der Waals surface area contributed by atoms with E-state index in [1.54, 1.807) is 12.3 Å². The summed E-state index contributed by atoms with van der Waals surface area (Å²) in [6, 6.07) is 3.41. The zero-order valence-corrected chi connectivity index (χ0v) is 24.0. The van der Waals surface area contributed by atoms with Gasteiger partial charge in [-0.05, 0) is 47.7 Å². The third kappa shape index (κ3) is 5.99. The molecule has 5 nitrogen and oxygen atoms in total. The molecule has 1 N–H and O–H groups in total. The molecule has 0 saturated heterocycles. The molecule has 1 aromatic rings. The topological polar surface area (TPSA) is 56.3 Å². The molecule has 8 heteroatoms. The highest BCUT2D eigenvalue weighted by molar-refractivity contribution is 6.76. The molecule has 0 aromatic carbocycles. The van der Waals surface area contributed by atoms with Gasteiger partial charge in [-0.1, -0.05) is 55.4 Å². The Kier molecular flexibility index (Phi) is 8.73. The van der Waals surface area contributed by atoms with Crippen molar-refractivity contribution in [3.63, 3.8) is 0 Å². The van der Waals surface area contributed by atoms with Gasteiger partial charge in [-0.2, -0.15) is 0 Å². The van der Waals surface area contributed by atoms with Crippen LogP contribution in [0.15, 0.2) is 18.6 Å². The van der Waals surface area contributed by atoms with Gasteiger partial charge in [0.05, 0.1) is 12.1 Å². The summed E-state index contributed by atoms with van der Waals surface area (Å²) < 4.78 is 29.5. The van der Waals surface area contributed by atoms with Gasteiger partial charge in [-0.15, -0.1) is 0 Å². The zero-order valence-electron chi connectivity index (χ0n) is 22.0. The average molecular weight is 484 g/mol. The van der Waals surface area contributed by atoms with Crippen molar-refractivity contribution < 1.29 is 13.2 Å². The van der Waals surface area contributed by atoms with Crippen LogP contribution in [0.3, 0.4) is 0 Å². The van der Waals surface area contributed by atoms with Gasteiger partial charge < -0.3 is 14.2 Å². The summed E-state index contributed by atoms with van der Waals surface area (Å²) in [5.41, 5.74) is 0. The Morgan fingerprint density at radius 3 is 2.19 bits per heavy atom. The number of aromatic nitrogens is 2. The standard InChI is InChI=1S/C24H46FN3O2Si2/c1-11-32(12-2,24(6,7)8)30-22-18(16-29-31(9,10)23(3,4)5)15-19(21(22)25)28-20-13-14-26-17-27-20/h13-14,17-19,21-22H,11-12,15-16H2,1-10H3,(H,26,27,28)/t18-,19-,21-,22-/m1/s1. The Morgan fingerprint density at radius 2 is 1.72 bits per heavy atom. The van der Waals surface area contributed by atoms with E-state index in [2.05, 4.69) is 83.8 Å². The number of nitrogens with zero attached hydrogens (tertiary/aromatic N) is 2. The predicted octanol–water partition coefficient (Wildman–Crippen LogP) is 6.81. The van der Waals surface area contributed by atoms with Gasteiger partial charge in [-0.25, -0.2) is 14.4 Å². The Morgan fingerprint density at radius 1 is 1.09 bits per heavy atom. The first-order valence-electron chi connectivity index (χ1n) is 12.2. The second-order valence-electron chi connectivity index (χ2n) is 11.9. The van der Waals surface area contributed by atoms with E-state index in [0.29, 0.717) is 18.8 Å². The van der Waals surface area contributed by atoms with E-state index in [0.717, 1.165) is 12.1 Å². The Balaban J connectivity index is 2.29. The summed E-state index contributed by atoms with van der Waals surface area (Å²) in [5.74, 6) is 0.675. The van der Waals surface area contributed by atoms with Crippen LogP contribution in [0.25, 0.3) is 0 Å². The molecule has 1 aliphatic rings. The van der Waals surface area contributed by atoms with Crippen molar-refractivity contribution in [1.82, 2.24) is 9.97 Å². The van der Waals surface area contributed by atoms with Gasteiger partial charge in [0.1, 0.15) is 18.3 Å². The SMILES string of the molecule is CC[Si](CC)(O[C@@H]1[C@@H](CO[Si](C)(C)C(C)(C)C)C[C@@H](Nc2ccncn2)[C@H]1F)C(C)(C)C. The van der Waals surface area contributed by atoms with Crippen molar-refractivity contribution in [3.8, 4) is 0 Å². The predicted molar refractivity (Wildman–Crippen MR) is 137 cm³/mol. The molecule has 32 heavy (non-hydrogen) atoms. The lowest BCUT2D eigenvalue weighted by Gasteiger charge is -2.45. The van der Waals surface area contributed by atoms with Crippen molar-refractivity contribution in [1.29, 1.82) is 0 Å². The van der Waals surface area contributed by atoms with Crippen LogP contribution in [-0.4, -0.2) is 51.5 Å². The van der Waals surface area contributed by atoms with Crippen molar-refractivity contribution in [3.05, 3.63) is 18.6 Å². The van der Waals surface area contributed by atoms with Crippen molar-refractivity contribution in [2.24, 2.45) is 5.92 Å². The number of anilines is 1. The largest absolute Gasteiger partial charge is 0.416 e. The zero-order chi connectivity index (χ0) is 24.4. The number of halogens is 1. The minimum atomic E-state index is -2.16. The van der Waals surface area contributed by atoms with E-state index < -0.39 is 28.9 Å². The second-order valence-corrected chi connectivity index (χ2v) is 21.8. The molecule has 1 aromatic heterocycles. The van der Waals surface area contributed by atoms with E-state index in [1.165, 1.54) is 6.33 Å². The van der Waals surface area contributed by atoms with Gasteiger partial charge in [0.2, 0.25) is 0 Å². The Labute approximate surface area is 197 Å². The fraction of sp³-hybridized carbons (Fsp3) is 0.833. The van der Waals surface area contributed by atoms with Gasteiger partial charge >= 0.3 is 0 Å². The van der Waals surface area contributed by atoms with Crippen LogP contribution in [0.5, 0.6) is 0 Å². The number of rotatable bonds is 9. The molecule has 0 amide bonds. The summed E-state index contributed by atoms with van der Waals surface area (Å²) in [7, 11) is -4.10. The van der Waals surface area contributed by atoms with Gasteiger partial charge in [0.15, 0.2) is 16.6 Å². The highest BCUT2D eigenvalue weighted by Crippen LogP contribution is 2.46. The van der Waals surface area contributed by atoms with Crippen LogP contribution < -0.4 is 5.32 Å². The van der Waals surface area contributed by atoms with Crippen LogP contribution in [0, 0.1) is 5.92 Å². The highest BCUT2D eigenvalue weighted by Gasteiger charge is 2.52. The van der Waals surface area contributed by atoms with Crippen molar-refractivity contribution in [2.45, 2.75) is 115 Å². The van der Waals surface area contributed by atoms with E-state index in [9.17, 15) is 0 Å². The molecule has 1 saturated carbocycles. The fourth-order valence-electron chi connectivity index (χ4n) is 4.55.